The van der Waals surface area contributed by atoms with E-state index >= 15 is 0 Å². The second-order valence-corrected chi connectivity index (χ2v) is 9.43. The molecular formula is C25H26N4O5. The smallest absolute Gasteiger partial charge is 0.336 e. The van der Waals surface area contributed by atoms with Gasteiger partial charge in [-0.25, -0.2) is 9.78 Å². The van der Waals surface area contributed by atoms with Crippen LogP contribution >= 0.6 is 0 Å². The fourth-order valence-electron chi connectivity index (χ4n) is 4.15. The van der Waals surface area contributed by atoms with Gasteiger partial charge in [0.2, 0.25) is 5.91 Å². The van der Waals surface area contributed by atoms with Gasteiger partial charge in [0.05, 0.1) is 5.56 Å². The first-order chi connectivity index (χ1) is 16.1. The molecule has 1 saturated heterocycles. The summed E-state index contributed by atoms with van der Waals surface area (Å²) in [6.45, 7) is 7.01. The Labute approximate surface area is 196 Å². The summed E-state index contributed by atoms with van der Waals surface area (Å²) in [5.74, 6) is -2.17. The molecule has 0 bridgehead atoms. The van der Waals surface area contributed by atoms with E-state index < -0.39 is 17.4 Å². The van der Waals surface area contributed by atoms with Crippen molar-refractivity contribution in [1.29, 1.82) is 0 Å². The standard InChI is InChI=1S/C25H26N4O5/c1-15-4-6-16(7-5-15)11-27-22(31)19-10-18-17(24(33)34)8-9-26-21(18)29(23(19)32)12-20(30)28-13-25(2,3)14-28/h4-10H,11-14H2,1-3H3,(H,27,31)(H,33,34). The Bertz CT molecular complexity index is 1350. The number of likely N-dealkylation sites (tertiary alicyclic amines) is 1. The SMILES string of the molecule is Cc1ccc(CNC(=O)c2cc3c(C(=O)O)ccnc3n(CC(=O)N3CC(C)(C)C3)c2=O)cc1. The number of aryl methyl sites for hydroxylation is 1. The van der Waals surface area contributed by atoms with Crippen LogP contribution in [0.3, 0.4) is 0 Å². The Morgan fingerprint density at radius 1 is 1.09 bits per heavy atom. The zero-order valence-electron chi connectivity index (χ0n) is 19.3. The molecule has 0 unspecified atom stereocenters. The number of hydrogen-bond acceptors (Lipinski definition) is 5. The molecule has 4 rings (SSSR count). The van der Waals surface area contributed by atoms with Gasteiger partial charge in [0, 0.05) is 31.2 Å². The van der Waals surface area contributed by atoms with Gasteiger partial charge in [-0.3, -0.25) is 19.0 Å². The van der Waals surface area contributed by atoms with Gasteiger partial charge in [-0.2, -0.15) is 0 Å². The third kappa shape index (κ3) is 4.54. The van der Waals surface area contributed by atoms with Gasteiger partial charge in [-0.1, -0.05) is 43.7 Å². The van der Waals surface area contributed by atoms with Crippen LogP contribution in [0.15, 0.2) is 47.4 Å². The van der Waals surface area contributed by atoms with Gasteiger partial charge in [0.25, 0.3) is 11.5 Å². The average Bonchev–Trinajstić information content (AvgIpc) is 2.77. The first kappa shape index (κ1) is 23.2. The summed E-state index contributed by atoms with van der Waals surface area (Å²) in [7, 11) is 0. The van der Waals surface area contributed by atoms with Gasteiger partial charge < -0.3 is 15.3 Å². The highest BCUT2D eigenvalue weighted by Crippen LogP contribution is 2.29. The predicted molar refractivity (Wildman–Crippen MR) is 126 cm³/mol. The zero-order valence-corrected chi connectivity index (χ0v) is 19.3. The number of carbonyl (C=O) groups excluding carboxylic acids is 2. The summed E-state index contributed by atoms with van der Waals surface area (Å²) < 4.78 is 1.09. The third-order valence-electron chi connectivity index (χ3n) is 5.92. The highest BCUT2D eigenvalue weighted by atomic mass is 16.4. The molecule has 3 heterocycles. The van der Waals surface area contributed by atoms with Crippen LogP contribution < -0.4 is 10.9 Å². The molecule has 3 aromatic rings. The Balaban J connectivity index is 1.71. The number of aromatic carboxylic acids is 1. The van der Waals surface area contributed by atoms with Crippen LogP contribution in [-0.2, 0) is 17.9 Å². The van der Waals surface area contributed by atoms with Crippen molar-refractivity contribution in [3.63, 3.8) is 0 Å². The number of hydrogen-bond donors (Lipinski definition) is 2. The lowest BCUT2D eigenvalue weighted by Crippen LogP contribution is -2.56. The van der Waals surface area contributed by atoms with Crippen molar-refractivity contribution in [2.45, 2.75) is 33.9 Å². The number of carbonyl (C=O) groups is 3. The van der Waals surface area contributed by atoms with Crippen molar-refractivity contribution in [2.24, 2.45) is 5.41 Å². The molecule has 2 N–H and O–H groups in total. The molecular weight excluding hydrogens is 436 g/mol. The summed E-state index contributed by atoms with van der Waals surface area (Å²) in [6, 6.07) is 10.1. The van der Waals surface area contributed by atoms with Crippen molar-refractivity contribution in [3.05, 3.63) is 75.2 Å². The van der Waals surface area contributed by atoms with Crippen LogP contribution in [0, 0.1) is 12.3 Å². The fraction of sp³-hybridized carbons (Fsp3) is 0.320. The summed E-state index contributed by atoms with van der Waals surface area (Å²) in [5, 5.41) is 12.5. The van der Waals surface area contributed by atoms with Gasteiger partial charge in [-0.15, -0.1) is 0 Å². The number of pyridine rings is 2. The van der Waals surface area contributed by atoms with Crippen LogP contribution in [0.4, 0.5) is 0 Å². The van der Waals surface area contributed by atoms with Crippen molar-refractivity contribution >= 4 is 28.8 Å². The number of aromatic nitrogens is 2. The zero-order chi connectivity index (χ0) is 24.6. The Kier molecular flexibility index (Phi) is 5.95. The van der Waals surface area contributed by atoms with Crippen molar-refractivity contribution < 1.29 is 19.5 Å². The number of carboxylic acid groups (broad SMARTS) is 1. The number of benzene rings is 1. The number of rotatable bonds is 6. The second-order valence-electron chi connectivity index (χ2n) is 9.43. The molecule has 176 valence electrons. The van der Waals surface area contributed by atoms with E-state index in [1.807, 2.05) is 45.0 Å². The molecule has 2 aromatic heterocycles. The van der Waals surface area contributed by atoms with Crippen LogP contribution in [0.1, 0.15) is 45.7 Å². The summed E-state index contributed by atoms with van der Waals surface area (Å²) in [6.07, 6.45) is 1.27. The van der Waals surface area contributed by atoms with E-state index in [2.05, 4.69) is 10.3 Å². The first-order valence-electron chi connectivity index (χ1n) is 10.9. The number of nitrogens with one attached hydrogen (secondary N) is 1. The minimum atomic E-state index is -1.22. The number of nitrogens with zero attached hydrogens (tertiary/aromatic N) is 3. The minimum Gasteiger partial charge on any atom is -0.478 e. The maximum absolute atomic E-state index is 13.3. The molecule has 0 aliphatic carbocycles. The number of amides is 2. The normalized spacial score (nSPS) is 14.5. The molecule has 1 fully saturated rings. The van der Waals surface area contributed by atoms with E-state index in [0.29, 0.717) is 13.1 Å². The Morgan fingerprint density at radius 2 is 1.76 bits per heavy atom. The van der Waals surface area contributed by atoms with E-state index in [0.717, 1.165) is 15.7 Å². The summed E-state index contributed by atoms with van der Waals surface area (Å²) in [5.41, 5.74) is 0.940. The summed E-state index contributed by atoms with van der Waals surface area (Å²) in [4.78, 5) is 56.7. The Hall–Kier alpha value is -4.01. The van der Waals surface area contributed by atoms with E-state index in [1.165, 1.54) is 18.3 Å². The molecule has 9 nitrogen and oxygen atoms in total. The molecule has 0 spiro atoms. The molecule has 2 amide bonds. The molecule has 0 saturated carbocycles. The molecule has 1 aliphatic heterocycles. The molecule has 1 aliphatic rings. The van der Waals surface area contributed by atoms with Crippen LogP contribution in [0.5, 0.6) is 0 Å². The Morgan fingerprint density at radius 3 is 2.38 bits per heavy atom. The lowest BCUT2D eigenvalue weighted by atomic mass is 9.84. The highest BCUT2D eigenvalue weighted by molar-refractivity contribution is 6.04. The quantitative estimate of drug-likeness (QED) is 0.579. The maximum atomic E-state index is 13.3. The lowest BCUT2D eigenvalue weighted by molar-refractivity contribution is -0.142. The van der Waals surface area contributed by atoms with Crippen molar-refractivity contribution in [1.82, 2.24) is 19.8 Å². The molecule has 34 heavy (non-hydrogen) atoms. The van der Waals surface area contributed by atoms with Gasteiger partial charge in [0.15, 0.2) is 0 Å². The molecule has 0 radical (unpaired) electrons. The maximum Gasteiger partial charge on any atom is 0.336 e. The fourth-order valence-corrected chi connectivity index (χ4v) is 4.15. The van der Waals surface area contributed by atoms with E-state index in [1.54, 1.807) is 4.90 Å². The van der Waals surface area contributed by atoms with E-state index in [-0.39, 0.29) is 46.6 Å². The molecule has 1 aromatic carbocycles. The monoisotopic (exact) mass is 462 g/mol. The predicted octanol–water partition coefficient (Wildman–Crippen LogP) is 2.20. The van der Waals surface area contributed by atoms with Crippen LogP contribution in [0.2, 0.25) is 0 Å². The largest absolute Gasteiger partial charge is 0.478 e. The van der Waals surface area contributed by atoms with Crippen LogP contribution in [-0.4, -0.2) is 50.4 Å². The highest BCUT2D eigenvalue weighted by Gasteiger charge is 2.37. The molecule has 9 heteroatoms. The van der Waals surface area contributed by atoms with Crippen LogP contribution in [0.25, 0.3) is 11.0 Å². The summed E-state index contributed by atoms with van der Waals surface area (Å²) >= 11 is 0. The van der Waals surface area contributed by atoms with Crippen molar-refractivity contribution in [3.8, 4) is 0 Å². The van der Waals surface area contributed by atoms with Crippen molar-refractivity contribution in [2.75, 3.05) is 13.1 Å². The lowest BCUT2D eigenvalue weighted by Gasteiger charge is -2.45. The second kappa shape index (κ2) is 8.74. The number of carboxylic acids is 1. The number of fused-ring (bicyclic) bond motifs is 1. The van der Waals surface area contributed by atoms with Gasteiger partial charge in [0.1, 0.15) is 17.8 Å². The topological polar surface area (TPSA) is 122 Å². The third-order valence-corrected chi connectivity index (χ3v) is 5.92. The molecule has 0 atom stereocenters. The first-order valence-corrected chi connectivity index (χ1v) is 10.9. The minimum absolute atomic E-state index is 0.00906. The average molecular weight is 463 g/mol. The van der Waals surface area contributed by atoms with Gasteiger partial charge >= 0.3 is 5.97 Å². The van der Waals surface area contributed by atoms with E-state index in [9.17, 15) is 24.3 Å². The van der Waals surface area contributed by atoms with Gasteiger partial charge in [-0.05, 0) is 30.0 Å². The van der Waals surface area contributed by atoms with E-state index in [4.69, 9.17) is 0 Å².